The van der Waals surface area contributed by atoms with Crippen LogP contribution in [0.1, 0.15) is 21.5 Å². The van der Waals surface area contributed by atoms with Gasteiger partial charge in [-0.2, -0.15) is 0 Å². The summed E-state index contributed by atoms with van der Waals surface area (Å²) in [5.41, 5.74) is 3.65. The Bertz CT molecular complexity index is 704. The number of methoxy groups -OCH3 is 1. The van der Waals surface area contributed by atoms with E-state index in [9.17, 15) is 4.79 Å². The molecule has 0 fully saturated rings. The van der Waals surface area contributed by atoms with Crippen molar-refractivity contribution in [3.05, 3.63) is 65.2 Å². The van der Waals surface area contributed by atoms with Gasteiger partial charge in [0.15, 0.2) is 0 Å². The van der Waals surface area contributed by atoms with Gasteiger partial charge in [-0.05, 0) is 29.8 Å². The first-order valence-electron chi connectivity index (χ1n) is 6.44. The molecule has 0 N–H and O–H groups in total. The first-order chi connectivity index (χ1) is 9.70. The number of hydrogen-bond donors (Lipinski definition) is 0. The molecule has 3 rings (SSSR count). The normalized spacial score (nSPS) is 15.6. The van der Waals surface area contributed by atoms with E-state index in [1.807, 2.05) is 54.6 Å². The highest BCUT2D eigenvalue weighted by Gasteiger charge is 2.28. The molecule has 0 aliphatic carbocycles. The van der Waals surface area contributed by atoms with Crippen LogP contribution < -0.4 is 4.74 Å². The fraction of sp³-hybridized carbons (Fsp3) is 0.118. The molecule has 2 aromatic carbocycles. The molecule has 0 spiro atoms. The van der Waals surface area contributed by atoms with Crippen molar-refractivity contribution in [2.24, 2.45) is 0 Å². The number of amides is 1. The molecule has 0 radical (unpaired) electrons. The quantitative estimate of drug-likeness (QED) is 0.834. The van der Waals surface area contributed by atoms with Crippen molar-refractivity contribution in [2.75, 3.05) is 14.2 Å². The third-order valence-corrected chi connectivity index (χ3v) is 3.50. The van der Waals surface area contributed by atoms with Crippen LogP contribution in [0.4, 0.5) is 0 Å². The van der Waals surface area contributed by atoms with Gasteiger partial charge >= 0.3 is 0 Å². The van der Waals surface area contributed by atoms with Crippen molar-refractivity contribution >= 4 is 17.7 Å². The molecule has 0 saturated heterocycles. The number of carbonyl (C=O) groups excluding carboxylic acids is 1. The van der Waals surface area contributed by atoms with E-state index in [0.717, 1.165) is 28.1 Å². The highest BCUT2D eigenvalue weighted by molar-refractivity contribution is 6.11. The molecule has 1 amide bonds. The lowest BCUT2D eigenvalue weighted by molar-refractivity contribution is 0.0875. The van der Waals surface area contributed by atoms with Crippen molar-refractivity contribution in [3.63, 3.8) is 0 Å². The zero-order valence-electron chi connectivity index (χ0n) is 11.5. The van der Waals surface area contributed by atoms with E-state index in [1.54, 1.807) is 19.1 Å². The topological polar surface area (TPSA) is 29.5 Å². The van der Waals surface area contributed by atoms with E-state index >= 15 is 0 Å². The van der Waals surface area contributed by atoms with E-state index < -0.39 is 0 Å². The molecule has 0 unspecified atom stereocenters. The molecule has 0 bridgehead atoms. The fourth-order valence-electron chi connectivity index (χ4n) is 2.43. The van der Waals surface area contributed by atoms with Crippen molar-refractivity contribution in [3.8, 4) is 5.75 Å². The predicted octanol–water partition coefficient (Wildman–Crippen LogP) is 3.28. The van der Waals surface area contributed by atoms with Gasteiger partial charge in [0.2, 0.25) is 0 Å². The van der Waals surface area contributed by atoms with Gasteiger partial charge < -0.3 is 9.64 Å². The first kappa shape index (κ1) is 12.5. The number of rotatable bonds is 2. The maximum absolute atomic E-state index is 12.2. The molecular formula is C17H15NO2. The fourth-order valence-corrected chi connectivity index (χ4v) is 2.43. The molecule has 0 saturated carbocycles. The molecule has 20 heavy (non-hydrogen) atoms. The molecule has 1 aliphatic heterocycles. The second-order valence-electron chi connectivity index (χ2n) is 4.72. The van der Waals surface area contributed by atoms with Gasteiger partial charge in [0.1, 0.15) is 5.75 Å². The average molecular weight is 265 g/mol. The smallest absolute Gasteiger partial charge is 0.258 e. The zero-order valence-corrected chi connectivity index (χ0v) is 11.5. The van der Waals surface area contributed by atoms with Crippen molar-refractivity contribution in [1.29, 1.82) is 0 Å². The van der Waals surface area contributed by atoms with E-state index in [-0.39, 0.29) is 5.91 Å². The summed E-state index contributed by atoms with van der Waals surface area (Å²) in [6.45, 7) is 0. The lowest BCUT2D eigenvalue weighted by Crippen LogP contribution is -2.16. The van der Waals surface area contributed by atoms with E-state index in [0.29, 0.717) is 0 Å². The summed E-state index contributed by atoms with van der Waals surface area (Å²) in [5.74, 6) is 0.842. The minimum atomic E-state index is 0.0368. The summed E-state index contributed by atoms with van der Waals surface area (Å²) in [5, 5.41) is 0. The van der Waals surface area contributed by atoms with Gasteiger partial charge in [-0.1, -0.05) is 30.3 Å². The zero-order chi connectivity index (χ0) is 14.1. The summed E-state index contributed by atoms with van der Waals surface area (Å²) >= 11 is 0. The van der Waals surface area contributed by atoms with Crippen molar-refractivity contribution < 1.29 is 9.53 Å². The van der Waals surface area contributed by atoms with Crippen LogP contribution in [0.5, 0.6) is 5.75 Å². The van der Waals surface area contributed by atoms with Crippen LogP contribution in [-0.4, -0.2) is 25.0 Å². The Balaban J connectivity index is 2.09. The minimum Gasteiger partial charge on any atom is -0.497 e. The molecule has 0 atom stereocenters. The summed E-state index contributed by atoms with van der Waals surface area (Å²) < 4.78 is 5.23. The van der Waals surface area contributed by atoms with E-state index in [1.165, 1.54) is 0 Å². The molecule has 2 aromatic rings. The number of fused-ring (bicyclic) bond motifs is 1. The molecule has 1 aliphatic rings. The largest absolute Gasteiger partial charge is 0.497 e. The number of nitrogens with zero attached hydrogens (tertiary/aromatic N) is 1. The SMILES string of the molecule is COc1cccc(/C=C2\c3ccccc3C(=O)N2C)c1. The minimum absolute atomic E-state index is 0.0368. The van der Waals surface area contributed by atoms with Crippen LogP contribution in [0, 0.1) is 0 Å². The Morgan fingerprint density at radius 2 is 1.80 bits per heavy atom. The van der Waals surface area contributed by atoms with Crippen LogP contribution in [0.2, 0.25) is 0 Å². The highest BCUT2D eigenvalue weighted by Crippen LogP contribution is 2.32. The third kappa shape index (κ3) is 1.97. The lowest BCUT2D eigenvalue weighted by Gasteiger charge is -2.11. The van der Waals surface area contributed by atoms with Crippen LogP contribution in [0.15, 0.2) is 48.5 Å². The summed E-state index contributed by atoms with van der Waals surface area (Å²) in [6, 6.07) is 15.5. The number of carbonyl (C=O) groups is 1. The number of hydrogen-bond acceptors (Lipinski definition) is 2. The maximum Gasteiger partial charge on any atom is 0.258 e. The Labute approximate surface area is 118 Å². The Kier molecular flexibility index (Phi) is 3.03. The van der Waals surface area contributed by atoms with Crippen LogP contribution >= 0.6 is 0 Å². The molecule has 3 heteroatoms. The van der Waals surface area contributed by atoms with E-state index in [2.05, 4.69) is 0 Å². The summed E-state index contributed by atoms with van der Waals surface area (Å²) in [7, 11) is 3.45. The van der Waals surface area contributed by atoms with Gasteiger partial charge in [-0.3, -0.25) is 4.79 Å². The van der Waals surface area contributed by atoms with Crippen molar-refractivity contribution in [1.82, 2.24) is 4.90 Å². The van der Waals surface area contributed by atoms with Gasteiger partial charge in [-0.25, -0.2) is 0 Å². The van der Waals surface area contributed by atoms with E-state index in [4.69, 9.17) is 4.74 Å². The Morgan fingerprint density at radius 3 is 2.55 bits per heavy atom. The van der Waals surface area contributed by atoms with Crippen LogP contribution in [-0.2, 0) is 0 Å². The van der Waals surface area contributed by atoms with Gasteiger partial charge in [0.05, 0.1) is 12.8 Å². The molecule has 100 valence electrons. The Morgan fingerprint density at radius 1 is 1.05 bits per heavy atom. The second kappa shape index (κ2) is 4.85. The maximum atomic E-state index is 12.2. The van der Waals surface area contributed by atoms with Crippen molar-refractivity contribution in [2.45, 2.75) is 0 Å². The van der Waals surface area contributed by atoms with Gasteiger partial charge in [-0.15, -0.1) is 0 Å². The summed E-state index contributed by atoms with van der Waals surface area (Å²) in [4.78, 5) is 13.9. The molecular weight excluding hydrogens is 250 g/mol. The van der Waals surface area contributed by atoms with Gasteiger partial charge in [0.25, 0.3) is 5.91 Å². The monoisotopic (exact) mass is 265 g/mol. The molecule has 1 heterocycles. The average Bonchev–Trinajstić information content (AvgIpc) is 2.73. The third-order valence-electron chi connectivity index (χ3n) is 3.50. The van der Waals surface area contributed by atoms with Gasteiger partial charge in [0, 0.05) is 18.2 Å². The van der Waals surface area contributed by atoms with Crippen LogP contribution in [0.25, 0.3) is 11.8 Å². The van der Waals surface area contributed by atoms with Crippen LogP contribution in [0.3, 0.4) is 0 Å². The second-order valence-corrected chi connectivity index (χ2v) is 4.72. The predicted molar refractivity (Wildman–Crippen MR) is 79.4 cm³/mol. The first-order valence-corrected chi connectivity index (χ1v) is 6.44. The number of benzene rings is 2. The highest BCUT2D eigenvalue weighted by atomic mass is 16.5. The molecule has 0 aromatic heterocycles. The molecule has 3 nitrogen and oxygen atoms in total. The standard InChI is InChI=1S/C17H15NO2/c1-18-16(11-12-6-5-7-13(10-12)20-2)14-8-3-4-9-15(14)17(18)19/h3-11H,1-2H3/b16-11+. The lowest BCUT2D eigenvalue weighted by atomic mass is 10.1. The Hall–Kier alpha value is -2.55. The summed E-state index contributed by atoms with van der Waals surface area (Å²) in [6.07, 6.45) is 2.01. The number of ether oxygens (including phenoxy) is 1.